The fourth-order valence-electron chi connectivity index (χ4n) is 2.27. The summed E-state index contributed by atoms with van der Waals surface area (Å²) in [5, 5.41) is 7.79. The lowest BCUT2D eigenvalue weighted by Crippen LogP contribution is -2.31. The molecule has 0 atom stereocenters. The Morgan fingerprint density at radius 1 is 1.11 bits per heavy atom. The molecule has 0 saturated carbocycles. The number of anilines is 1. The standard InChI is InChI=1S/C19H22ClFN4O2/c1-25(2)10-9-22-18(26)14-6-3-5-13(11-14)12-23-19(27)24-16-8-4-7-15(20)17(16)21/h3-8,11H,9-10,12H2,1-2H3,(H,22,26)(H2,23,24,27). The smallest absolute Gasteiger partial charge is 0.319 e. The van der Waals surface area contributed by atoms with Crippen molar-refractivity contribution in [1.29, 1.82) is 0 Å². The minimum atomic E-state index is -0.689. The highest BCUT2D eigenvalue weighted by Gasteiger charge is 2.10. The van der Waals surface area contributed by atoms with Gasteiger partial charge in [-0.2, -0.15) is 0 Å². The van der Waals surface area contributed by atoms with E-state index >= 15 is 0 Å². The average Bonchev–Trinajstić information content (AvgIpc) is 2.63. The molecule has 3 amide bonds. The first-order valence-corrected chi connectivity index (χ1v) is 8.75. The molecule has 0 aliphatic carbocycles. The van der Waals surface area contributed by atoms with Crippen molar-refractivity contribution >= 4 is 29.2 Å². The first-order valence-electron chi connectivity index (χ1n) is 8.37. The molecule has 3 N–H and O–H groups in total. The number of benzene rings is 2. The molecule has 0 unspecified atom stereocenters. The molecule has 144 valence electrons. The summed E-state index contributed by atoms with van der Waals surface area (Å²) in [5.74, 6) is -0.866. The van der Waals surface area contributed by atoms with Crippen molar-refractivity contribution in [3.05, 3.63) is 64.4 Å². The quantitative estimate of drug-likeness (QED) is 0.678. The number of urea groups is 1. The normalized spacial score (nSPS) is 10.6. The molecular formula is C19H22ClFN4O2. The van der Waals surface area contributed by atoms with Gasteiger partial charge in [0.2, 0.25) is 0 Å². The average molecular weight is 393 g/mol. The molecule has 8 heteroatoms. The van der Waals surface area contributed by atoms with Gasteiger partial charge in [0.05, 0.1) is 10.7 Å². The van der Waals surface area contributed by atoms with Gasteiger partial charge in [-0.15, -0.1) is 0 Å². The van der Waals surface area contributed by atoms with Gasteiger partial charge >= 0.3 is 6.03 Å². The lowest BCUT2D eigenvalue weighted by atomic mass is 10.1. The highest BCUT2D eigenvalue weighted by molar-refractivity contribution is 6.31. The number of nitrogens with zero attached hydrogens (tertiary/aromatic N) is 1. The Morgan fingerprint density at radius 2 is 1.85 bits per heavy atom. The SMILES string of the molecule is CN(C)CCNC(=O)c1cccc(CNC(=O)Nc2cccc(Cl)c2F)c1. The van der Waals surface area contributed by atoms with E-state index in [0.29, 0.717) is 12.1 Å². The molecule has 0 aliphatic heterocycles. The number of hydrogen-bond acceptors (Lipinski definition) is 3. The van der Waals surface area contributed by atoms with E-state index in [1.54, 1.807) is 30.3 Å². The van der Waals surface area contributed by atoms with Crippen LogP contribution in [-0.4, -0.2) is 44.0 Å². The lowest BCUT2D eigenvalue weighted by molar-refractivity contribution is 0.0951. The molecule has 0 saturated heterocycles. The Hall–Kier alpha value is -2.64. The molecule has 2 aromatic carbocycles. The summed E-state index contributed by atoms with van der Waals surface area (Å²) in [6.07, 6.45) is 0. The molecule has 0 aromatic heterocycles. The largest absolute Gasteiger partial charge is 0.351 e. The fourth-order valence-corrected chi connectivity index (χ4v) is 2.44. The van der Waals surface area contributed by atoms with E-state index in [1.165, 1.54) is 12.1 Å². The summed E-state index contributed by atoms with van der Waals surface area (Å²) in [5.41, 5.74) is 1.25. The van der Waals surface area contributed by atoms with Crippen LogP contribution in [0.25, 0.3) is 0 Å². The van der Waals surface area contributed by atoms with E-state index in [9.17, 15) is 14.0 Å². The zero-order valence-corrected chi connectivity index (χ0v) is 15.9. The van der Waals surface area contributed by atoms with Crippen LogP contribution in [0.1, 0.15) is 15.9 Å². The van der Waals surface area contributed by atoms with Crippen LogP contribution in [0.3, 0.4) is 0 Å². The predicted molar refractivity (Wildman–Crippen MR) is 105 cm³/mol. The van der Waals surface area contributed by atoms with Crippen molar-refractivity contribution in [3.63, 3.8) is 0 Å². The monoisotopic (exact) mass is 392 g/mol. The summed E-state index contributed by atoms with van der Waals surface area (Å²) in [6.45, 7) is 1.47. The van der Waals surface area contributed by atoms with Crippen LogP contribution in [0.4, 0.5) is 14.9 Å². The number of carbonyl (C=O) groups is 2. The highest BCUT2D eigenvalue weighted by atomic mass is 35.5. The van der Waals surface area contributed by atoms with Gasteiger partial charge in [-0.1, -0.05) is 29.8 Å². The third kappa shape index (κ3) is 6.54. The van der Waals surface area contributed by atoms with Gasteiger partial charge in [-0.3, -0.25) is 4.79 Å². The topological polar surface area (TPSA) is 73.5 Å². The van der Waals surface area contributed by atoms with Crippen LogP contribution in [0, 0.1) is 5.82 Å². The van der Waals surface area contributed by atoms with E-state index in [-0.39, 0.29) is 23.2 Å². The zero-order valence-electron chi connectivity index (χ0n) is 15.2. The molecule has 27 heavy (non-hydrogen) atoms. The first kappa shape index (κ1) is 20.7. The van der Waals surface area contributed by atoms with E-state index < -0.39 is 11.8 Å². The third-order valence-electron chi connectivity index (χ3n) is 3.69. The first-order chi connectivity index (χ1) is 12.9. The number of hydrogen-bond donors (Lipinski definition) is 3. The lowest BCUT2D eigenvalue weighted by Gasteiger charge is -2.11. The number of halogens is 2. The van der Waals surface area contributed by atoms with Crippen LogP contribution < -0.4 is 16.0 Å². The van der Waals surface area contributed by atoms with Crippen molar-refractivity contribution in [3.8, 4) is 0 Å². The van der Waals surface area contributed by atoms with Crippen LogP contribution in [0.15, 0.2) is 42.5 Å². The molecule has 0 heterocycles. The van der Waals surface area contributed by atoms with Crippen molar-refractivity contribution in [1.82, 2.24) is 15.5 Å². The maximum Gasteiger partial charge on any atom is 0.319 e. The number of nitrogens with one attached hydrogen (secondary N) is 3. The highest BCUT2D eigenvalue weighted by Crippen LogP contribution is 2.21. The Kier molecular flexibility index (Phi) is 7.57. The fraction of sp³-hybridized carbons (Fsp3) is 0.263. The predicted octanol–water partition coefficient (Wildman–Crippen LogP) is 3.09. The molecule has 2 aromatic rings. The molecule has 0 radical (unpaired) electrons. The number of rotatable bonds is 7. The van der Waals surface area contributed by atoms with Gasteiger partial charge in [0.15, 0.2) is 5.82 Å². The Morgan fingerprint density at radius 3 is 2.59 bits per heavy atom. The molecule has 0 spiro atoms. The summed E-state index contributed by atoms with van der Waals surface area (Å²) in [4.78, 5) is 26.1. The second-order valence-electron chi connectivity index (χ2n) is 6.17. The Bertz CT molecular complexity index is 814. The molecule has 6 nitrogen and oxygen atoms in total. The minimum absolute atomic E-state index is 0.00554. The van der Waals surface area contributed by atoms with Crippen LogP contribution >= 0.6 is 11.6 Å². The summed E-state index contributed by atoms with van der Waals surface area (Å²) < 4.78 is 13.8. The van der Waals surface area contributed by atoms with E-state index in [0.717, 1.165) is 12.1 Å². The van der Waals surface area contributed by atoms with Gasteiger partial charge in [0, 0.05) is 25.2 Å². The number of amides is 3. The van der Waals surface area contributed by atoms with Crippen LogP contribution in [0.5, 0.6) is 0 Å². The molecule has 0 fully saturated rings. The van der Waals surface area contributed by atoms with Gasteiger partial charge in [0.1, 0.15) is 0 Å². The molecular weight excluding hydrogens is 371 g/mol. The van der Waals surface area contributed by atoms with Crippen LogP contribution in [0.2, 0.25) is 5.02 Å². The van der Waals surface area contributed by atoms with Crippen molar-refractivity contribution in [2.75, 3.05) is 32.5 Å². The van der Waals surface area contributed by atoms with Gasteiger partial charge in [-0.05, 0) is 43.9 Å². The molecule has 2 rings (SSSR count). The zero-order chi connectivity index (χ0) is 19.8. The third-order valence-corrected chi connectivity index (χ3v) is 3.98. The van der Waals surface area contributed by atoms with Gasteiger partial charge < -0.3 is 20.9 Å². The van der Waals surface area contributed by atoms with Gasteiger partial charge in [0.25, 0.3) is 5.91 Å². The van der Waals surface area contributed by atoms with E-state index in [4.69, 9.17) is 11.6 Å². The molecule has 0 aliphatic rings. The number of carbonyl (C=O) groups excluding carboxylic acids is 2. The minimum Gasteiger partial charge on any atom is -0.351 e. The van der Waals surface area contributed by atoms with Gasteiger partial charge in [-0.25, -0.2) is 9.18 Å². The van der Waals surface area contributed by atoms with Crippen LogP contribution in [-0.2, 0) is 6.54 Å². The summed E-state index contributed by atoms with van der Waals surface area (Å²) >= 11 is 5.68. The summed E-state index contributed by atoms with van der Waals surface area (Å²) in [7, 11) is 3.86. The second-order valence-corrected chi connectivity index (χ2v) is 6.58. The van der Waals surface area contributed by atoms with E-state index in [2.05, 4.69) is 16.0 Å². The second kappa shape index (κ2) is 9.89. The Labute approximate surface area is 162 Å². The van der Waals surface area contributed by atoms with Crippen molar-refractivity contribution < 1.29 is 14.0 Å². The van der Waals surface area contributed by atoms with Crippen molar-refractivity contribution in [2.24, 2.45) is 0 Å². The Balaban J connectivity index is 1.89. The van der Waals surface area contributed by atoms with E-state index in [1.807, 2.05) is 19.0 Å². The molecule has 0 bridgehead atoms. The summed E-state index contributed by atoms with van der Waals surface area (Å²) in [6, 6.07) is 10.7. The number of likely N-dealkylation sites (N-methyl/N-ethyl adjacent to an activating group) is 1. The maximum atomic E-state index is 13.8. The van der Waals surface area contributed by atoms with Crippen molar-refractivity contribution in [2.45, 2.75) is 6.54 Å². The maximum absolute atomic E-state index is 13.8.